The monoisotopic (exact) mass is 342 g/mol. The summed E-state index contributed by atoms with van der Waals surface area (Å²) in [6.07, 6.45) is 2.21. The molecule has 2 aromatic carbocycles. The molecule has 1 N–H and O–H groups in total. The highest BCUT2D eigenvalue weighted by atomic mass is 19.1. The molecule has 2 aliphatic rings. The second-order valence-corrected chi connectivity index (χ2v) is 7.58. The molecule has 2 heterocycles. The molecule has 132 valence electrons. The standard InChI is InChI=1S/C21H24F2N2/c22-19-6-7-20(23)17(10-19)12-25-13-18-11-24-14-21(18,15-25)9-8-16-4-2-1-3-5-16/h1-7,10,18,24H,8-9,11-15H2. The minimum Gasteiger partial charge on any atom is -0.316 e. The van der Waals surface area contributed by atoms with Gasteiger partial charge in [-0.3, -0.25) is 4.90 Å². The Hall–Kier alpha value is -1.78. The predicted octanol–water partition coefficient (Wildman–Crippen LogP) is 3.62. The summed E-state index contributed by atoms with van der Waals surface area (Å²) in [6, 6.07) is 14.3. The SMILES string of the molecule is Fc1ccc(F)c(CN2CC3CNCC3(CCc3ccccc3)C2)c1. The predicted molar refractivity (Wildman–Crippen MR) is 95.2 cm³/mol. The number of nitrogens with zero attached hydrogens (tertiary/aromatic N) is 1. The lowest BCUT2D eigenvalue weighted by atomic mass is 9.76. The van der Waals surface area contributed by atoms with Crippen molar-refractivity contribution < 1.29 is 8.78 Å². The Morgan fingerprint density at radius 1 is 1.12 bits per heavy atom. The third-order valence-corrected chi connectivity index (χ3v) is 5.91. The molecule has 2 unspecified atom stereocenters. The Bertz CT molecular complexity index is 734. The van der Waals surface area contributed by atoms with Crippen LogP contribution in [0, 0.1) is 23.0 Å². The van der Waals surface area contributed by atoms with E-state index < -0.39 is 0 Å². The highest BCUT2D eigenvalue weighted by Gasteiger charge is 2.48. The summed E-state index contributed by atoms with van der Waals surface area (Å²) in [5.41, 5.74) is 2.09. The number of halogens is 2. The van der Waals surface area contributed by atoms with E-state index in [-0.39, 0.29) is 17.0 Å². The maximum absolute atomic E-state index is 14.0. The maximum Gasteiger partial charge on any atom is 0.127 e. The third kappa shape index (κ3) is 3.46. The molecule has 2 aliphatic heterocycles. The largest absolute Gasteiger partial charge is 0.316 e. The maximum atomic E-state index is 14.0. The van der Waals surface area contributed by atoms with Crippen molar-refractivity contribution >= 4 is 0 Å². The Morgan fingerprint density at radius 2 is 1.96 bits per heavy atom. The number of aryl methyl sites for hydroxylation is 1. The zero-order valence-corrected chi connectivity index (χ0v) is 14.3. The van der Waals surface area contributed by atoms with Crippen molar-refractivity contribution in [3.63, 3.8) is 0 Å². The van der Waals surface area contributed by atoms with Crippen LogP contribution in [0.4, 0.5) is 8.78 Å². The Morgan fingerprint density at radius 3 is 2.80 bits per heavy atom. The van der Waals surface area contributed by atoms with Crippen molar-refractivity contribution in [1.29, 1.82) is 0 Å². The fourth-order valence-electron chi connectivity index (χ4n) is 4.56. The van der Waals surface area contributed by atoms with Gasteiger partial charge in [0.15, 0.2) is 0 Å². The molecule has 0 aromatic heterocycles. The van der Waals surface area contributed by atoms with Crippen LogP contribution in [0.5, 0.6) is 0 Å². The number of nitrogens with one attached hydrogen (secondary N) is 1. The normalized spacial score (nSPS) is 26.1. The summed E-state index contributed by atoms with van der Waals surface area (Å²) in [4.78, 5) is 2.30. The van der Waals surface area contributed by atoms with Gasteiger partial charge in [0.2, 0.25) is 0 Å². The fourth-order valence-corrected chi connectivity index (χ4v) is 4.56. The van der Waals surface area contributed by atoms with Gasteiger partial charge in [0, 0.05) is 37.2 Å². The number of hydrogen-bond acceptors (Lipinski definition) is 2. The van der Waals surface area contributed by atoms with Crippen LogP contribution in [0.15, 0.2) is 48.5 Å². The molecule has 0 radical (unpaired) electrons. The van der Waals surface area contributed by atoms with Crippen molar-refractivity contribution in [3.8, 4) is 0 Å². The van der Waals surface area contributed by atoms with Crippen LogP contribution in [-0.4, -0.2) is 31.1 Å². The molecule has 0 bridgehead atoms. The third-order valence-electron chi connectivity index (χ3n) is 5.91. The molecule has 4 heteroatoms. The summed E-state index contributed by atoms with van der Waals surface area (Å²) < 4.78 is 27.4. The minimum absolute atomic E-state index is 0.250. The van der Waals surface area contributed by atoms with Gasteiger partial charge < -0.3 is 5.32 Å². The second-order valence-electron chi connectivity index (χ2n) is 7.58. The van der Waals surface area contributed by atoms with Crippen molar-refractivity contribution in [3.05, 3.63) is 71.3 Å². The first-order valence-corrected chi connectivity index (χ1v) is 9.06. The van der Waals surface area contributed by atoms with Crippen LogP contribution in [0.1, 0.15) is 17.5 Å². The molecule has 0 spiro atoms. The quantitative estimate of drug-likeness (QED) is 0.893. The van der Waals surface area contributed by atoms with Crippen LogP contribution in [0.2, 0.25) is 0 Å². The lowest BCUT2D eigenvalue weighted by molar-refractivity contribution is 0.236. The van der Waals surface area contributed by atoms with E-state index in [1.807, 2.05) is 6.07 Å². The first kappa shape index (κ1) is 16.7. The molecule has 2 fully saturated rings. The molecule has 0 aliphatic carbocycles. The number of hydrogen-bond donors (Lipinski definition) is 1. The van der Waals surface area contributed by atoms with E-state index in [2.05, 4.69) is 34.5 Å². The number of rotatable bonds is 5. The van der Waals surface area contributed by atoms with E-state index in [0.717, 1.165) is 39.0 Å². The average molecular weight is 342 g/mol. The lowest BCUT2D eigenvalue weighted by Gasteiger charge is -2.28. The Balaban J connectivity index is 1.45. The van der Waals surface area contributed by atoms with Crippen molar-refractivity contribution in [2.45, 2.75) is 19.4 Å². The van der Waals surface area contributed by atoms with Gasteiger partial charge in [-0.25, -0.2) is 8.78 Å². The Labute approximate surface area is 147 Å². The number of benzene rings is 2. The van der Waals surface area contributed by atoms with Crippen LogP contribution < -0.4 is 5.32 Å². The summed E-state index contributed by atoms with van der Waals surface area (Å²) in [5.74, 6) is -0.0843. The van der Waals surface area contributed by atoms with Crippen LogP contribution in [0.25, 0.3) is 0 Å². The Kier molecular flexibility index (Phi) is 4.57. The zero-order valence-electron chi connectivity index (χ0n) is 14.3. The van der Waals surface area contributed by atoms with Gasteiger partial charge in [0.25, 0.3) is 0 Å². The first-order valence-electron chi connectivity index (χ1n) is 9.06. The molecular weight excluding hydrogens is 318 g/mol. The molecule has 4 rings (SSSR count). The van der Waals surface area contributed by atoms with Crippen molar-refractivity contribution in [1.82, 2.24) is 10.2 Å². The van der Waals surface area contributed by atoms with E-state index in [0.29, 0.717) is 18.0 Å². The van der Waals surface area contributed by atoms with Gasteiger partial charge >= 0.3 is 0 Å². The summed E-state index contributed by atoms with van der Waals surface area (Å²) in [5, 5.41) is 3.55. The zero-order chi connectivity index (χ0) is 17.3. The van der Waals surface area contributed by atoms with E-state index in [1.165, 1.54) is 23.8 Å². The highest BCUT2D eigenvalue weighted by molar-refractivity contribution is 5.20. The lowest BCUT2D eigenvalue weighted by Crippen LogP contribution is -2.33. The second kappa shape index (κ2) is 6.85. The van der Waals surface area contributed by atoms with Gasteiger partial charge in [0.1, 0.15) is 11.6 Å². The molecule has 0 amide bonds. The topological polar surface area (TPSA) is 15.3 Å². The average Bonchev–Trinajstić information content (AvgIpc) is 3.14. The van der Waals surface area contributed by atoms with Gasteiger partial charge in [-0.15, -0.1) is 0 Å². The summed E-state index contributed by atoms with van der Waals surface area (Å²) in [6.45, 7) is 4.45. The van der Waals surface area contributed by atoms with E-state index in [4.69, 9.17) is 0 Å². The van der Waals surface area contributed by atoms with Gasteiger partial charge in [0.05, 0.1) is 0 Å². The van der Waals surface area contributed by atoms with Gasteiger partial charge in [-0.1, -0.05) is 30.3 Å². The highest BCUT2D eigenvalue weighted by Crippen LogP contribution is 2.43. The van der Waals surface area contributed by atoms with Crippen LogP contribution in [-0.2, 0) is 13.0 Å². The number of fused-ring (bicyclic) bond motifs is 1. The summed E-state index contributed by atoms with van der Waals surface area (Å²) in [7, 11) is 0. The molecule has 2 nitrogen and oxygen atoms in total. The minimum atomic E-state index is -0.365. The first-order chi connectivity index (χ1) is 12.1. The molecular formula is C21H24F2N2. The van der Waals surface area contributed by atoms with Gasteiger partial charge in [-0.2, -0.15) is 0 Å². The van der Waals surface area contributed by atoms with Crippen molar-refractivity contribution in [2.24, 2.45) is 11.3 Å². The summed E-state index contributed by atoms with van der Waals surface area (Å²) >= 11 is 0. The fraction of sp³-hybridized carbons (Fsp3) is 0.429. The van der Waals surface area contributed by atoms with Crippen LogP contribution >= 0.6 is 0 Å². The van der Waals surface area contributed by atoms with E-state index >= 15 is 0 Å². The molecule has 25 heavy (non-hydrogen) atoms. The smallest absolute Gasteiger partial charge is 0.127 e. The van der Waals surface area contributed by atoms with Crippen LogP contribution in [0.3, 0.4) is 0 Å². The van der Waals surface area contributed by atoms with Gasteiger partial charge in [-0.05, 0) is 49.1 Å². The molecule has 2 aromatic rings. The van der Waals surface area contributed by atoms with Crippen molar-refractivity contribution in [2.75, 3.05) is 26.2 Å². The van der Waals surface area contributed by atoms with E-state index in [9.17, 15) is 8.78 Å². The number of likely N-dealkylation sites (tertiary alicyclic amines) is 1. The molecule has 2 atom stereocenters. The molecule has 0 saturated carbocycles. The molecule has 2 saturated heterocycles. The van der Waals surface area contributed by atoms with E-state index in [1.54, 1.807) is 0 Å².